The zero-order valence-electron chi connectivity index (χ0n) is 17.1. The summed E-state index contributed by atoms with van der Waals surface area (Å²) in [6.07, 6.45) is 6.44. The van der Waals surface area contributed by atoms with E-state index in [-0.39, 0.29) is 6.79 Å². The number of allylic oxidation sites excluding steroid dienone is 1. The van der Waals surface area contributed by atoms with Crippen LogP contribution in [0.4, 0.5) is 0 Å². The van der Waals surface area contributed by atoms with Crippen LogP contribution in [-0.2, 0) is 16.0 Å². The Morgan fingerprint density at radius 1 is 1.00 bits per heavy atom. The molecule has 0 saturated carbocycles. The zero-order valence-corrected chi connectivity index (χ0v) is 17.1. The van der Waals surface area contributed by atoms with Crippen molar-refractivity contribution in [2.75, 3.05) is 27.1 Å². The van der Waals surface area contributed by atoms with Gasteiger partial charge < -0.3 is 19.0 Å². The summed E-state index contributed by atoms with van der Waals surface area (Å²) < 4.78 is 17.2. The summed E-state index contributed by atoms with van der Waals surface area (Å²) in [4.78, 5) is 4.68. The van der Waals surface area contributed by atoms with E-state index < -0.39 is 0 Å². The number of benzene rings is 2. The standard InChI is InChI=1S/C23H29NO4/c1-5-6-12-27-22-14-18(2)23(19(3)15-22)28-17-26-13-11-20-7-9-21(10-8-20)16-24-25-4/h5-10,14-16H,11-13,17H2,1-4H3/b6-5+,24-16+. The molecule has 0 spiro atoms. The van der Waals surface area contributed by atoms with Gasteiger partial charge in [-0.1, -0.05) is 41.6 Å². The molecule has 0 aliphatic rings. The topological polar surface area (TPSA) is 49.3 Å². The van der Waals surface area contributed by atoms with Gasteiger partial charge in [-0.25, -0.2) is 0 Å². The number of nitrogens with zero attached hydrogens (tertiary/aromatic N) is 1. The third-order valence-corrected chi connectivity index (χ3v) is 4.12. The lowest BCUT2D eigenvalue weighted by atomic mass is 10.1. The molecule has 0 aliphatic heterocycles. The van der Waals surface area contributed by atoms with Crippen molar-refractivity contribution in [1.29, 1.82) is 0 Å². The molecule has 150 valence electrons. The van der Waals surface area contributed by atoms with Crippen molar-refractivity contribution in [2.24, 2.45) is 5.16 Å². The van der Waals surface area contributed by atoms with E-state index in [4.69, 9.17) is 14.2 Å². The molecule has 2 aromatic carbocycles. The molecule has 0 bridgehead atoms. The monoisotopic (exact) mass is 383 g/mol. The summed E-state index contributed by atoms with van der Waals surface area (Å²) in [5, 5.41) is 3.75. The van der Waals surface area contributed by atoms with E-state index in [9.17, 15) is 0 Å². The second-order valence-electron chi connectivity index (χ2n) is 6.35. The molecule has 0 N–H and O–H groups in total. The van der Waals surface area contributed by atoms with Crippen LogP contribution in [0, 0.1) is 13.8 Å². The highest BCUT2D eigenvalue weighted by atomic mass is 16.7. The zero-order chi connectivity index (χ0) is 20.2. The molecule has 2 aromatic rings. The average Bonchev–Trinajstić information content (AvgIpc) is 2.69. The molecule has 2 rings (SSSR count). The average molecular weight is 383 g/mol. The summed E-state index contributed by atoms with van der Waals surface area (Å²) in [5.41, 5.74) is 4.27. The minimum absolute atomic E-state index is 0.221. The first kappa shape index (κ1) is 21.5. The fraction of sp³-hybridized carbons (Fsp3) is 0.348. The summed E-state index contributed by atoms with van der Waals surface area (Å²) >= 11 is 0. The molecule has 5 heteroatoms. The van der Waals surface area contributed by atoms with Gasteiger partial charge in [-0.2, -0.15) is 0 Å². The quantitative estimate of drug-likeness (QED) is 0.183. The van der Waals surface area contributed by atoms with Gasteiger partial charge in [-0.05, 0) is 61.6 Å². The van der Waals surface area contributed by atoms with Crippen LogP contribution in [0.5, 0.6) is 11.5 Å². The van der Waals surface area contributed by atoms with E-state index in [0.717, 1.165) is 34.6 Å². The molecule has 0 fully saturated rings. The Bertz CT molecular complexity index is 759. The maximum atomic E-state index is 5.83. The first-order valence-corrected chi connectivity index (χ1v) is 9.35. The van der Waals surface area contributed by atoms with E-state index >= 15 is 0 Å². The molecule has 5 nitrogen and oxygen atoms in total. The molecular formula is C23H29NO4. The lowest BCUT2D eigenvalue weighted by Gasteiger charge is -2.14. The number of hydrogen-bond acceptors (Lipinski definition) is 5. The van der Waals surface area contributed by atoms with Crippen LogP contribution in [0.3, 0.4) is 0 Å². The fourth-order valence-corrected chi connectivity index (χ4v) is 2.70. The molecule has 0 aromatic heterocycles. The highest BCUT2D eigenvalue weighted by molar-refractivity contribution is 5.79. The van der Waals surface area contributed by atoms with Crippen LogP contribution in [0.15, 0.2) is 53.7 Å². The third-order valence-electron chi connectivity index (χ3n) is 4.12. The Morgan fingerprint density at radius 2 is 1.71 bits per heavy atom. The number of oxime groups is 1. The minimum atomic E-state index is 0.221. The Balaban J connectivity index is 1.76. The van der Waals surface area contributed by atoms with E-state index in [2.05, 4.69) is 22.1 Å². The van der Waals surface area contributed by atoms with Gasteiger partial charge in [0.25, 0.3) is 0 Å². The van der Waals surface area contributed by atoms with Crippen LogP contribution in [0.2, 0.25) is 0 Å². The molecule has 0 unspecified atom stereocenters. The van der Waals surface area contributed by atoms with Gasteiger partial charge in [0.05, 0.1) is 12.8 Å². The van der Waals surface area contributed by atoms with Crippen molar-refractivity contribution in [3.63, 3.8) is 0 Å². The Hall–Kier alpha value is -2.79. The smallest absolute Gasteiger partial charge is 0.189 e. The molecule has 0 saturated heterocycles. The number of hydrogen-bond donors (Lipinski definition) is 0. The van der Waals surface area contributed by atoms with Crippen molar-refractivity contribution in [3.05, 3.63) is 70.8 Å². The van der Waals surface area contributed by atoms with Gasteiger partial charge in [0.2, 0.25) is 0 Å². The molecule has 0 atom stereocenters. The van der Waals surface area contributed by atoms with Crippen LogP contribution in [-0.4, -0.2) is 33.3 Å². The lowest BCUT2D eigenvalue weighted by Crippen LogP contribution is -2.08. The summed E-state index contributed by atoms with van der Waals surface area (Å²) in [6.45, 7) is 7.38. The van der Waals surface area contributed by atoms with Gasteiger partial charge in [-0.15, -0.1) is 0 Å². The minimum Gasteiger partial charge on any atom is -0.490 e. The van der Waals surface area contributed by atoms with Crippen molar-refractivity contribution in [1.82, 2.24) is 0 Å². The van der Waals surface area contributed by atoms with E-state index in [1.165, 1.54) is 12.7 Å². The van der Waals surface area contributed by atoms with Crippen LogP contribution < -0.4 is 9.47 Å². The number of ether oxygens (including phenoxy) is 3. The first-order valence-electron chi connectivity index (χ1n) is 9.35. The van der Waals surface area contributed by atoms with E-state index in [1.54, 1.807) is 6.21 Å². The van der Waals surface area contributed by atoms with Crippen molar-refractivity contribution in [2.45, 2.75) is 27.2 Å². The van der Waals surface area contributed by atoms with Crippen LogP contribution in [0.1, 0.15) is 29.2 Å². The van der Waals surface area contributed by atoms with Gasteiger partial charge in [0, 0.05) is 0 Å². The van der Waals surface area contributed by atoms with Crippen LogP contribution in [0.25, 0.3) is 0 Å². The number of aryl methyl sites for hydroxylation is 2. The summed E-state index contributed by atoms with van der Waals surface area (Å²) in [5.74, 6) is 1.69. The molecule has 0 heterocycles. The predicted molar refractivity (Wildman–Crippen MR) is 112 cm³/mol. The van der Waals surface area contributed by atoms with E-state index in [1.807, 2.05) is 57.2 Å². The summed E-state index contributed by atoms with van der Waals surface area (Å²) in [7, 11) is 1.53. The second kappa shape index (κ2) is 11.8. The summed E-state index contributed by atoms with van der Waals surface area (Å²) in [6, 6.07) is 12.1. The van der Waals surface area contributed by atoms with Gasteiger partial charge in [0.15, 0.2) is 6.79 Å². The van der Waals surface area contributed by atoms with E-state index in [0.29, 0.717) is 13.2 Å². The van der Waals surface area contributed by atoms with Gasteiger partial charge in [-0.3, -0.25) is 0 Å². The Labute approximate surface area is 167 Å². The SMILES string of the molecule is C/C=C/COc1cc(C)c(OCOCCc2ccc(/C=N/OC)cc2)c(C)c1. The molecule has 28 heavy (non-hydrogen) atoms. The molecular weight excluding hydrogens is 354 g/mol. The van der Waals surface area contributed by atoms with Gasteiger partial charge >= 0.3 is 0 Å². The predicted octanol–water partition coefficient (Wildman–Crippen LogP) is 4.83. The largest absolute Gasteiger partial charge is 0.490 e. The first-order chi connectivity index (χ1) is 13.6. The maximum absolute atomic E-state index is 5.83. The van der Waals surface area contributed by atoms with Crippen molar-refractivity contribution in [3.8, 4) is 11.5 Å². The highest BCUT2D eigenvalue weighted by Crippen LogP contribution is 2.28. The van der Waals surface area contributed by atoms with Crippen molar-refractivity contribution >= 4 is 6.21 Å². The Kier molecular flexibility index (Phi) is 9.08. The normalized spacial score (nSPS) is 11.3. The molecule has 0 aliphatic carbocycles. The third kappa shape index (κ3) is 7.08. The lowest BCUT2D eigenvalue weighted by molar-refractivity contribution is 0.0161. The highest BCUT2D eigenvalue weighted by Gasteiger charge is 2.07. The Morgan fingerprint density at radius 3 is 2.36 bits per heavy atom. The van der Waals surface area contributed by atoms with Gasteiger partial charge in [0.1, 0.15) is 25.2 Å². The molecule has 0 radical (unpaired) electrons. The second-order valence-corrected chi connectivity index (χ2v) is 6.35. The molecule has 0 amide bonds. The fourth-order valence-electron chi connectivity index (χ4n) is 2.70. The van der Waals surface area contributed by atoms with Crippen molar-refractivity contribution < 1.29 is 19.0 Å². The maximum Gasteiger partial charge on any atom is 0.189 e. The van der Waals surface area contributed by atoms with Crippen LogP contribution >= 0.6 is 0 Å². The number of rotatable bonds is 11.